The molecule has 0 spiro atoms. The van der Waals surface area contributed by atoms with Gasteiger partial charge in [-0.1, -0.05) is 48.5 Å². The lowest BCUT2D eigenvalue weighted by molar-refractivity contribution is -0.193. The highest BCUT2D eigenvalue weighted by Gasteiger charge is 2.28. The van der Waals surface area contributed by atoms with Gasteiger partial charge in [-0.3, -0.25) is 14.6 Å². The molecular weight excluding hydrogens is 556 g/mol. The Morgan fingerprint density at radius 3 is 1.40 bits per heavy atom. The third-order valence-electron chi connectivity index (χ3n) is 6.56. The van der Waals surface area contributed by atoms with E-state index in [0.29, 0.717) is 6.54 Å². The van der Waals surface area contributed by atoms with E-state index in [0.717, 1.165) is 65.3 Å². The maximum absolute atomic E-state index is 12.7. The summed E-state index contributed by atoms with van der Waals surface area (Å²) in [4.78, 5) is 54.9. The van der Waals surface area contributed by atoms with Gasteiger partial charge in [-0.2, -0.15) is 19.2 Å². The van der Waals surface area contributed by atoms with E-state index >= 15 is 0 Å². The van der Waals surface area contributed by atoms with E-state index in [9.17, 15) is 15.0 Å². The molecule has 2 atom stereocenters. The van der Waals surface area contributed by atoms with Crippen LogP contribution in [0.3, 0.4) is 0 Å². The Labute approximate surface area is 259 Å². The van der Waals surface area contributed by atoms with Crippen LogP contribution in [-0.4, -0.2) is 144 Å². The molecule has 252 valence electrons. The van der Waals surface area contributed by atoms with E-state index in [1.54, 1.807) is 0 Å². The lowest BCUT2D eigenvalue weighted by Crippen LogP contribution is -2.53. The molecule has 1 aliphatic heterocycles. The Balaban J connectivity index is 0. The summed E-state index contributed by atoms with van der Waals surface area (Å²) >= 11 is 0. The summed E-state index contributed by atoms with van der Waals surface area (Å²) in [6.45, 7) is 30.3. The second kappa shape index (κ2) is 21.7. The number of rotatable bonds is 8. The highest BCUT2D eigenvalue weighted by atomic mass is 16.6. The topological polar surface area (TPSA) is 148 Å². The molecule has 12 nitrogen and oxygen atoms in total. The first-order valence-electron chi connectivity index (χ1n) is 15.2. The van der Waals surface area contributed by atoms with Crippen molar-refractivity contribution in [3.8, 4) is 0 Å². The van der Waals surface area contributed by atoms with Crippen molar-refractivity contribution in [2.45, 2.75) is 93.4 Å². The fraction of sp³-hybridized carbons (Fsp3) is 0.903. The van der Waals surface area contributed by atoms with Crippen molar-refractivity contribution in [2.75, 3.05) is 78.6 Å². The van der Waals surface area contributed by atoms with E-state index in [1.165, 1.54) is 0 Å². The van der Waals surface area contributed by atoms with Gasteiger partial charge in [-0.05, 0) is 38.0 Å². The molecule has 1 rings (SSSR count). The molecule has 0 bridgehead atoms. The Morgan fingerprint density at radius 1 is 0.721 bits per heavy atom. The summed E-state index contributed by atoms with van der Waals surface area (Å²) < 4.78 is 5.64. The fourth-order valence-electron chi connectivity index (χ4n) is 5.15. The van der Waals surface area contributed by atoms with Crippen molar-refractivity contribution in [1.29, 1.82) is 0 Å². The lowest BCUT2D eigenvalue weighted by atomic mass is 9.95. The third-order valence-corrected chi connectivity index (χ3v) is 6.56. The van der Waals surface area contributed by atoms with Crippen LogP contribution < -0.4 is 0 Å². The van der Waals surface area contributed by atoms with Crippen molar-refractivity contribution >= 4 is 18.3 Å². The van der Waals surface area contributed by atoms with E-state index < -0.39 is 11.7 Å². The maximum atomic E-state index is 12.7. The van der Waals surface area contributed by atoms with E-state index in [1.807, 2.05) is 20.8 Å². The SMILES string of the molecule is CCC(C(O)CO)N1CCN(CC(=O)OC(C)(C)C)CCN(CC(C)(C)C)CCN(CC(C)(C)C)CC1.O=C=O.O=C=O. The zero-order valence-electron chi connectivity index (χ0n) is 28.5. The molecule has 1 aliphatic rings. The highest BCUT2D eigenvalue weighted by Crippen LogP contribution is 2.19. The molecule has 2 unspecified atom stereocenters. The third kappa shape index (κ3) is 24.0. The van der Waals surface area contributed by atoms with Gasteiger partial charge in [-0.15, -0.1) is 0 Å². The number of ether oxygens (including phenoxy) is 1. The summed E-state index contributed by atoms with van der Waals surface area (Å²) in [5.41, 5.74) is -0.133. The predicted molar refractivity (Wildman–Crippen MR) is 163 cm³/mol. The van der Waals surface area contributed by atoms with Crippen molar-refractivity contribution in [3.05, 3.63) is 0 Å². The average Bonchev–Trinajstić information content (AvgIpc) is 2.83. The smallest absolute Gasteiger partial charge is 0.373 e. The van der Waals surface area contributed by atoms with E-state index in [2.05, 4.69) is 68.1 Å². The summed E-state index contributed by atoms with van der Waals surface area (Å²) in [5, 5.41) is 20.3. The molecule has 0 aromatic carbocycles. The Kier molecular flexibility index (Phi) is 21.7. The second-order valence-corrected chi connectivity index (χ2v) is 14.5. The molecule has 0 radical (unpaired) electrons. The first kappa shape index (κ1) is 43.1. The van der Waals surface area contributed by atoms with Crippen molar-refractivity contribution in [2.24, 2.45) is 10.8 Å². The van der Waals surface area contributed by atoms with Crippen molar-refractivity contribution in [1.82, 2.24) is 19.6 Å². The van der Waals surface area contributed by atoms with Crippen LogP contribution in [0.4, 0.5) is 0 Å². The first-order valence-corrected chi connectivity index (χ1v) is 15.2. The molecule has 0 amide bonds. The molecule has 1 heterocycles. The highest BCUT2D eigenvalue weighted by molar-refractivity contribution is 5.72. The molecule has 43 heavy (non-hydrogen) atoms. The van der Waals surface area contributed by atoms with Crippen molar-refractivity contribution in [3.63, 3.8) is 0 Å². The number of aliphatic hydroxyl groups excluding tert-OH is 2. The van der Waals surface area contributed by atoms with Crippen LogP contribution in [0.15, 0.2) is 0 Å². The fourth-order valence-corrected chi connectivity index (χ4v) is 5.15. The van der Waals surface area contributed by atoms with Gasteiger partial charge >= 0.3 is 18.3 Å². The molecule has 1 saturated heterocycles. The summed E-state index contributed by atoms with van der Waals surface area (Å²) in [6.07, 6.45) is 0.474. The predicted octanol–water partition coefficient (Wildman–Crippen LogP) is 1.61. The maximum Gasteiger partial charge on any atom is 0.373 e. The second-order valence-electron chi connectivity index (χ2n) is 14.5. The normalized spacial score (nSPS) is 18.6. The number of carbonyl (C=O) groups is 1. The molecule has 0 aromatic heterocycles. The zero-order valence-corrected chi connectivity index (χ0v) is 28.5. The van der Waals surface area contributed by atoms with E-state index in [-0.39, 0.29) is 48.3 Å². The van der Waals surface area contributed by atoms with Gasteiger partial charge < -0.3 is 24.7 Å². The molecule has 0 aromatic rings. The van der Waals surface area contributed by atoms with Gasteiger partial charge in [0.25, 0.3) is 0 Å². The van der Waals surface area contributed by atoms with Gasteiger partial charge in [0.2, 0.25) is 0 Å². The molecule has 2 N–H and O–H groups in total. The quantitative estimate of drug-likeness (QED) is 0.382. The van der Waals surface area contributed by atoms with Gasteiger partial charge in [0, 0.05) is 71.5 Å². The Hall–Kier alpha value is -2.01. The van der Waals surface area contributed by atoms with Crippen LogP contribution in [0.5, 0.6) is 0 Å². The lowest BCUT2D eigenvalue weighted by Gasteiger charge is -2.40. The largest absolute Gasteiger partial charge is 0.459 e. The Bertz CT molecular complexity index is 811. The molecule has 12 heteroatoms. The van der Waals surface area contributed by atoms with Gasteiger partial charge in [0.1, 0.15) is 5.60 Å². The molecular formula is C31H60N4O8. The number of nitrogens with zero attached hydrogens (tertiary/aromatic N) is 4. The van der Waals surface area contributed by atoms with E-state index in [4.69, 9.17) is 23.9 Å². The van der Waals surface area contributed by atoms with Crippen LogP contribution in [0.1, 0.15) is 75.7 Å². The summed E-state index contributed by atoms with van der Waals surface area (Å²) in [7, 11) is 0. The van der Waals surface area contributed by atoms with Gasteiger partial charge in [0.15, 0.2) is 0 Å². The summed E-state index contributed by atoms with van der Waals surface area (Å²) in [5.74, 6) is -0.202. The first-order chi connectivity index (χ1) is 19.7. The van der Waals surface area contributed by atoms with Gasteiger partial charge in [0.05, 0.1) is 19.3 Å². The minimum atomic E-state index is -0.782. The molecule has 0 saturated carbocycles. The molecule has 0 aliphatic carbocycles. The van der Waals surface area contributed by atoms with Crippen LogP contribution in [0, 0.1) is 10.8 Å². The van der Waals surface area contributed by atoms with Crippen LogP contribution in [-0.2, 0) is 28.7 Å². The number of esters is 1. The Morgan fingerprint density at radius 2 is 1.07 bits per heavy atom. The molecule has 1 fully saturated rings. The monoisotopic (exact) mass is 616 g/mol. The number of aliphatic hydroxyl groups is 2. The number of hydrogen-bond donors (Lipinski definition) is 2. The number of carbonyl (C=O) groups excluding carboxylic acids is 5. The van der Waals surface area contributed by atoms with Gasteiger partial charge in [-0.25, -0.2) is 0 Å². The average molecular weight is 617 g/mol. The van der Waals surface area contributed by atoms with Crippen LogP contribution in [0.25, 0.3) is 0 Å². The summed E-state index contributed by atoms with van der Waals surface area (Å²) in [6, 6.07) is -0.120. The minimum Gasteiger partial charge on any atom is -0.459 e. The zero-order chi connectivity index (χ0) is 33.9. The van der Waals surface area contributed by atoms with Crippen LogP contribution >= 0.6 is 0 Å². The van der Waals surface area contributed by atoms with Crippen molar-refractivity contribution < 1.29 is 38.9 Å². The van der Waals surface area contributed by atoms with Crippen LogP contribution in [0.2, 0.25) is 0 Å². The number of hydrogen-bond acceptors (Lipinski definition) is 12. The minimum absolute atomic E-state index is 0.120. The standard InChI is InChI=1S/C29H60N4O4.2CO2/c1-11-24(25(35)21-34)33-18-16-30(20-26(36)37-29(8,9)10)12-13-31(22-27(2,3)4)14-15-32(17-19-33)23-28(5,6)7;2*2-1-3/h24-25,34-35H,11-23H2,1-10H3;;.